The lowest BCUT2D eigenvalue weighted by Crippen LogP contribution is -2.20. The summed E-state index contributed by atoms with van der Waals surface area (Å²) < 4.78 is 0. The molecule has 90 valence electrons. The average Bonchev–Trinajstić information content (AvgIpc) is 2.12. The minimum atomic E-state index is 0.345. The van der Waals surface area contributed by atoms with E-state index < -0.39 is 0 Å². The van der Waals surface area contributed by atoms with Gasteiger partial charge >= 0.3 is 0 Å². The molecule has 0 saturated heterocycles. The number of hydrogen-bond donors (Lipinski definition) is 0. The van der Waals surface area contributed by atoms with Gasteiger partial charge in [-0.05, 0) is 36.2 Å². The SMILES string of the molecule is Cc1cccc(C(CC(C)C)C(C)(C)C)c1. The molecule has 1 aromatic carbocycles. The lowest BCUT2D eigenvalue weighted by Gasteiger charge is -2.32. The first kappa shape index (κ1) is 13.3. The van der Waals surface area contributed by atoms with Crippen molar-refractivity contribution in [3.63, 3.8) is 0 Å². The Morgan fingerprint density at radius 2 is 1.75 bits per heavy atom. The van der Waals surface area contributed by atoms with Crippen LogP contribution in [0.25, 0.3) is 0 Å². The molecule has 1 rings (SSSR count). The third kappa shape index (κ3) is 3.66. The van der Waals surface area contributed by atoms with Crippen LogP contribution in [0.2, 0.25) is 0 Å². The van der Waals surface area contributed by atoms with Crippen LogP contribution in [-0.2, 0) is 0 Å². The number of hydrogen-bond acceptors (Lipinski definition) is 0. The molecule has 0 N–H and O–H groups in total. The van der Waals surface area contributed by atoms with Crippen LogP contribution in [0.15, 0.2) is 24.3 Å². The van der Waals surface area contributed by atoms with Gasteiger partial charge in [0.05, 0.1) is 0 Å². The Morgan fingerprint density at radius 3 is 2.19 bits per heavy atom. The molecular formula is C16H26. The molecule has 0 radical (unpaired) electrons. The van der Waals surface area contributed by atoms with E-state index in [1.54, 1.807) is 0 Å². The van der Waals surface area contributed by atoms with Gasteiger partial charge in [0.2, 0.25) is 0 Å². The van der Waals surface area contributed by atoms with Crippen LogP contribution >= 0.6 is 0 Å². The van der Waals surface area contributed by atoms with Crippen molar-refractivity contribution in [2.24, 2.45) is 11.3 Å². The summed E-state index contributed by atoms with van der Waals surface area (Å²) in [7, 11) is 0. The van der Waals surface area contributed by atoms with E-state index in [0.717, 1.165) is 5.92 Å². The van der Waals surface area contributed by atoms with E-state index in [0.29, 0.717) is 11.3 Å². The highest BCUT2D eigenvalue weighted by Gasteiger charge is 2.26. The van der Waals surface area contributed by atoms with Crippen molar-refractivity contribution in [3.05, 3.63) is 35.4 Å². The Kier molecular flexibility index (Phi) is 4.18. The molecule has 0 saturated carbocycles. The highest BCUT2D eigenvalue weighted by molar-refractivity contribution is 5.26. The van der Waals surface area contributed by atoms with E-state index >= 15 is 0 Å². The fourth-order valence-electron chi connectivity index (χ4n) is 2.35. The molecule has 0 amide bonds. The van der Waals surface area contributed by atoms with E-state index in [9.17, 15) is 0 Å². The van der Waals surface area contributed by atoms with Gasteiger partial charge in [0.25, 0.3) is 0 Å². The molecule has 0 aliphatic rings. The lowest BCUT2D eigenvalue weighted by atomic mass is 9.72. The van der Waals surface area contributed by atoms with Crippen LogP contribution in [-0.4, -0.2) is 0 Å². The highest BCUT2D eigenvalue weighted by Crippen LogP contribution is 2.39. The molecule has 16 heavy (non-hydrogen) atoms. The van der Waals surface area contributed by atoms with Crippen molar-refractivity contribution in [1.82, 2.24) is 0 Å². The normalized spacial score (nSPS) is 14.2. The zero-order valence-electron chi connectivity index (χ0n) is 11.7. The molecule has 0 heterocycles. The van der Waals surface area contributed by atoms with E-state index in [4.69, 9.17) is 0 Å². The molecule has 0 bridgehead atoms. The summed E-state index contributed by atoms with van der Waals surface area (Å²) in [4.78, 5) is 0. The Morgan fingerprint density at radius 1 is 1.12 bits per heavy atom. The third-order valence-electron chi connectivity index (χ3n) is 3.20. The van der Waals surface area contributed by atoms with Crippen molar-refractivity contribution < 1.29 is 0 Å². The Hall–Kier alpha value is -0.780. The van der Waals surface area contributed by atoms with Crippen molar-refractivity contribution in [1.29, 1.82) is 0 Å². The summed E-state index contributed by atoms with van der Waals surface area (Å²) in [5.74, 6) is 1.41. The van der Waals surface area contributed by atoms with Gasteiger partial charge in [-0.15, -0.1) is 0 Å². The van der Waals surface area contributed by atoms with Gasteiger partial charge in [-0.3, -0.25) is 0 Å². The first-order valence-corrected chi connectivity index (χ1v) is 6.37. The standard InChI is InChI=1S/C16H26/c1-12(2)10-15(16(4,5)6)14-9-7-8-13(3)11-14/h7-9,11-12,15H,10H2,1-6H3. The highest BCUT2D eigenvalue weighted by atomic mass is 14.3. The summed E-state index contributed by atoms with van der Waals surface area (Å²) in [5, 5.41) is 0. The fourth-order valence-corrected chi connectivity index (χ4v) is 2.35. The van der Waals surface area contributed by atoms with Gasteiger partial charge in [-0.2, -0.15) is 0 Å². The molecule has 0 aliphatic carbocycles. The summed E-state index contributed by atoms with van der Waals surface area (Å²) in [6, 6.07) is 8.99. The number of aryl methyl sites for hydroxylation is 1. The van der Waals surface area contributed by atoms with Gasteiger partial charge in [0.15, 0.2) is 0 Å². The van der Waals surface area contributed by atoms with Gasteiger partial charge in [-0.25, -0.2) is 0 Å². The van der Waals surface area contributed by atoms with Crippen LogP contribution in [0.4, 0.5) is 0 Å². The Bertz CT molecular complexity index is 328. The Balaban J connectivity index is 3.01. The molecule has 1 atom stereocenters. The maximum atomic E-state index is 2.35. The first-order valence-electron chi connectivity index (χ1n) is 6.37. The van der Waals surface area contributed by atoms with Crippen LogP contribution < -0.4 is 0 Å². The lowest BCUT2D eigenvalue weighted by molar-refractivity contribution is 0.280. The third-order valence-corrected chi connectivity index (χ3v) is 3.20. The smallest absolute Gasteiger partial charge is 0.0111 e. The van der Waals surface area contributed by atoms with Gasteiger partial charge in [-0.1, -0.05) is 64.4 Å². The van der Waals surface area contributed by atoms with Crippen LogP contribution in [0.3, 0.4) is 0 Å². The van der Waals surface area contributed by atoms with E-state index in [-0.39, 0.29) is 0 Å². The van der Waals surface area contributed by atoms with Gasteiger partial charge < -0.3 is 0 Å². The fraction of sp³-hybridized carbons (Fsp3) is 0.625. The number of rotatable bonds is 3. The quantitative estimate of drug-likeness (QED) is 0.656. The molecule has 0 fully saturated rings. The van der Waals surface area contributed by atoms with Crippen LogP contribution in [0.1, 0.15) is 58.1 Å². The summed E-state index contributed by atoms with van der Waals surface area (Å²) in [5.41, 5.74) is 3.22. The molecule has 1 aromatic rings. The molecule has 0 aromatic heterocycles. The van der Waals surface area contributed by atoms with Crippen molar-refractivity contribution >= 4 is 0 Å². The van der Waals surface area contributed by atoms with Gasteiger partial charge in [0, 0.05) is 0 Å². The Labute approximate surface area is 101 Å². The topological polar surface area (TPSA) is 0 Å². The van der Waals surface area contributed by atoms with Crippen molar-refractivity contribution in [2.45, 2.75) is 53.9 Å². The zero-order valence-corrected chi connectivity index (χ0v) is 11.7. The molecule has 0 heteroatoms. The summed E-state index contributed by atoms with van der Waals surface area (Å²) in [6.07, 6.45) is 1.27. The molecule has 1 unspecified atom stereocenters. The maximum absolute atomic E-state index is 2.35. The molecule has 0 aliphatic heterocycles. The predicted molar refractivity (Wildman–Crippen MR) is 72.8 cm³/mol. The van der Waals surface area contributed by atoms with Crippen molar-refractivity contribution in [3.8, 4) is 0 Å². The van der Waals surface area contributed by atoms with E-state index in [2.05, 4.69) is 65.8 Å². The molecule has 0 nitrogen and oxygen atoms in total. The minimum absolute atomic E-state index is 0.345. The maximum Gasteiger partial charge on any atom is -0.0111 e. The molecular weight excluding hydrogens is 192 g/mol. The predicted octanol–water partition coefficient (Wildman–Crippen LogP) is 5.17. The summed E-state index contributed by atoms with van der Waals surface area (Å²) >= 11 is 0. The minimum Gasteiger partial charge on any atom is -0.0628 e. The van der Waals surface area contributed by atoms with Crippen molar-refractivity contribution in [2.75, 3.05) is 0 Å². The van der Waals surface area contributed by atoms with E-state index in [1.165, 1.54) is 17.5 Å². The van der Waals surface area contributed by atoms with Crippen LogP contribution in [0.5, 0.6) is 0 Å². The second kappa shape index (κ2) is 5.03. The van der Waals surface area contributed by atoms with E-state index in [1.807, 2.05) is 0 Å². The first-order chi connectivity index (χ1) is 7.30. The second-order valence-electron chi connectivity index (χ2n) is 6.46. The largest absolute Gasteiger partial charge is 0.0628 e. The second-order valence-corrected chi connectivity index (χ2v) is 6.46. The number of benzene rings is 1. The van der Waals surface area contributed by atoms with Crippen LogP contribution in [0, 0.1) is 18.3 Å². The molecule has 0 spiro atoms. The summed E-state index contributed by atoms with van der Waals surface area (Å²) in [6.45, 7) is 13.9. The zero-order chi connectivity index (χ0) is 12.3. The monoisotopic (exact) mass is 218 g/mol. The van der Waals surface area contributed by atoms with Gasteiger partial charge in [0.1, 0.15) is 0 Å². The average molecular weight is 218 g/mol.